The minimum atomic E-state index is -1.27. The van der Waals surface area contributed by atoms with Crippen molar-refractivity contribution in [1.29, 1.82) is 0 Å². The Morgan fingerprint density at radius 2 is 1.95 bits per heavy atom. The van der Waals surface area contributed by atoms with Gasteiger partial charge >= 0.3 is 5.97 Å². The van der Waals surface area contributed by atoms with Crippen molar-refractivity contribution in [2.45, 2.75) is 96.2 Å². The van der Waals surface area contributed by atoms with Gasteiger partial charge < -0.3 is 19.7 Å². The van der Waals surface area contributed by atoms with E-state index in [1.54, 1.807) is 26.1 Å². The van der Waals surface area contributed by atoms with Gasteiger partial charge in [0.2, 0.25) is 0 Å². The molecule has 206 valence electrons. The fourth-order valence-electron chi connectivity index (χ4n) is 5.72. The Labute approximate surface area is 225 Å². The lowest BCUT2D eigenvalue weighted by atomic mass is 9.71. The van der Waals surface area contributed by atoms with Gasteiger partial charge in [0, 0.05) is 23.9 Å². The number of aliphatic hydroxyl groups excluding tert-OH is 2. The van der Waals surface area contributed by atoms with Crippen molar-refractivity contribution in [3.8, 4) is 0 Å². The number of hydrogen-bond donors (Lipinski definition) is 2. The van der Waals surface area contributed by atoms with E-state index in [-0.39, 0.29) is 29.8 Å². The molecule has 0 radical (unpaired) electrons. The first kappa shape index (κ1) is 28.4. The van der Waals surface area contributed by atoms with Gasteiger partial charge in [0.1, 0.15) is 11.9 Å². The van der Waals surface area contributed by atoms with E-state index in [2.05, 4.69) is 18.5 Å². The summed E-state index contributed by atoms with van der Waals surface area (Å²) in [5.74, 6) is -1.70. The molecule has 7 atom stereocenters. The highest BCUT2D eigenvalue weighted by Crippen LogP contribution is 2.46. The number of aromatic nitrogens is 1. The number of aliphatic hydroxyl groups is 2. The molecule has 0 aliphatic carbocycles. The largest absolute Gasteiger partial charge is 0.457 e. The standard InChI is InChI=1S/C31H41NO6/c1-6-9-22-28(35)19(2)10-7-14-31(5)26(38-31)17-24(21-13-12-20-11-8-15-32-23(20)16-21)37-27(34)18-25(33)30(3,4)29(22)36/h6,8,11-13,15-16,19,22,24-26,28,33,35H,1,7,9-10,14,17-18H2,2-5H3/t19-,22+,24-,25-,26-,28+,31+/m0/s1. The van der Waals surface area contributed by atoms with E-state index >= 15 is 0 Å². The van der Waals surface area contributed by atoms with E-state index < -0.39 is 35.6 Å². The van der Waals surface area contributed by atoms with Gasteiger partial charge in [-0.1, -0.05) is 51.5 Å². The van der Waals surface area contributed by atoms with Gasteiger partial charge in [0.05, 0.1) is 41.3 Å². The quantitative estimate of drug-likeness (QED) is 0.328. The Hall–Kier alpha value is -2.61. The molecule has 2 aliphatic rings. The Morgan fingerprint density at radius 3 is 2.68 bits per heavy atom. The molecule has 4 rings (SSSR count). The maximum atomic E-state index is 13.6. The highest BCUT2D eigenvalue weighted by Gasteiger charge is 2.53. The van der Waals surface area contributed by atoms with Crippen LogP contribution >= 0.6 is 0 Å². The molecular formula is C31H41NO6. The smallest absolute Gasteiger partial charge is 0.309 e. The average molecular weight is 524 g/mol. The molecule has 38 heavy (non-hydrogen) atoms. The van der Waals surface area contributed by atoms with Gasteiger partial charge in [-0.2, -0.15) is 0 Å². The molecule has 0 bridgehead atoms. The van der Waals surface area contributed by atoms with E-state index in [4.69, 9.17) is 9.47 Å². The first-order valence-corrected chi connectivity index (χ1v) is 13.7. The molecule has 0 unspecified atom stereocenters. The summed E-state index contributed by atoms with van der Waals surface area (Å²) in [4.78, 5) is 31.2. The van der Waals surface area contributed by atoms with Crippen molar-refractivity contribution >= 4 is 22.7 Å². The fraction of sp³-hybridized carbons (Fsp3) is 0.581. The molecule has 2 aromatic rings. The number of cyclic esters (lactones) is 1. The Morgan fingerprint density at radius 1 is 1.18 bits per heavy atom. The molecule has 2 saturated heterocycles. The maximum Gasteiger partial charge on any atom is 0.309 e. The topological polar surface area (TPSA) is 109 Å². The molecule has 2 fully saturated rings. The summed E-state index contributed by atoms with van der Waals surface area (Å²) in [7, 11) is 0. The van der Waals surface area contributed by atoms with Gasteiger partial charge in [0.25, 0.3) is 0 Å². The number of allylic oxidation sites excluding steroid dienone is 1. The summed E-state index contributed by atoms with van der Waals surface area (Å²) in [6.45, 7) is 11.0. The van der Waals surface area contributed by atoms with Crippen LogP contribution < -0.4 is 0 Å². The lowest BCUT2D eigenvalue weighted by molar-refractivity contribution is -0.156. The van der Waals surface area contributed by atoms with Gasteiger partial charge in [-0.3, -0.25) is 14.6 Å². The lowest BCUT2D eigenvalue weighted by Gasteiger charge is -2.35. The number of epoxide rings is 1. The number of nitrogens with zero attached hydrogens (tertiary/aromatic N) is 1. The molecule has 0 saturated carbocycles. The Balaban J connectivity index is 1.63. The summed E-state index contributed by atoms with van der Waals surface area (Å²) in [6.07, 6.45) is 3.37. The van der Waals surface area contributed by atoms with Crippen LogP contribution in [-0.2, 0) is 19.1 Å². The van der Waals surface area contributed by atoms with E-state index in [0.29, 0.717) is 12.8 Å². The van der Waals surface area contributed by atoms with Crippen molar-refractivity contribution in [2.75, 3.05) is 0 Å². The number of ketones is 1. The summed E-state index contributed by atoms with van der Waals surface area (Å²) in [6, 6.07) is 9.68. The second-order valence-electron chi connectivity index (χ2n) is 11.9. The molecule has 0 amide bonds. The van der Waals surface area contributed by atoms with Crippen molar-refractivity contribution in [3.63, 3.8) is 0 Å². The molecule has 2 aliphatic heterocycles. The van der Waals surface area contributed by atoms with Crippen molar-refractivity contribution in [2.24, 2.45) is 17.3 Å². The highest BCUT2D eigenvalue weighted by molar-refractivity contribution is 5.88. The van der Waals surface area contributed by atoms with Crippen LogP contribution in [0.2, 0.25) is 0 Å². The number of esters is 1. The maximum absolute atomic E-state index is 13.6. The highest BCUT2D eigenvalue weighted by atomic mass is 16.6. The molecule has 1 aromatic carbocycles. The first-order chi connectivity index (χ1) is 18.0. The summed E-state index contributed by atoms with van der Waals surface area (Å²) >= 11 is 0. The fourth-order valence-corrected chi connectivity index (χ4v) is 5.72. The number of pyridine rings is 1. The zero-order chi connectivity index (χ0) is 27.7. The van der Waals surface area contributed by atoms with Crippen molar-refractivity contribution in [1.82, 2.24) is 4.98 Å². The predicted octanol–water partition coefficient (Wildman–Crippen LogP) is 5.09. The van der Waals surface area contributed by atoms with Crippen LogP contribution in [0.1, 0.15) is 77.9 Å². The minimum absolute atomic E-state index is 0.0793. The average Bonchev–Trinajstić information content (AvgIpc) is 3.53. The number of carbonyl (C=O) groups is 2. The third-order valence-corrected chi connectivity index (χ3v) is 8.65. The van der Waals surface area contributed by atoms with Crippen LogP contribution in [0.3, 0.4) is 0 Å². The predicted molar refractivity (Wildman–Crippen MR) is 145 cm³/mol. The molecule has 0 spiro atoms. The second-order valence-corrected chi connectivity index (χ2v) is 11.9. The van der Waals surface area contributed by atoms with E-state index in [0.717, 1.165) is 35.7 Å². The third-order valence-electron chi connectivity index (χ3n) is 8.65. The van der Waals surface area contributed by atoms with E-state index in [1.165, 1.54) is 0 Å². The van der Waals surface area contributed by atoms with Crippen molar-refractivity contribution in [3.05, 3.63) is 54.7 Å². The third kappa shape index (κ3) is 6.00. The Bertz CT molecular complexity index is 1180. The van der Waals surface area contributed by atoms with Crippen LogP contribution in [0.4, 0.5) is 0 Å². The lowest BCUT2D eigenvalue weighted by Crippen LogP contribution is -2.46. The molecular weight excluding hydrogens is 482 g/mol. The van der Waals surface area contributed by atoms with Gasteiger partial charge in [-0.15, -0.1) is 6.58 Å². The molecule has 7 nitrogen and oxygen atoms in total. The molecule has 3 heterocycles. The number of hydrogen-bond acceptors (Lipinski definition) is 7. The molecule has 1 aromatic heterocycles. The van der Waals surface area contributed by atoms with Gasteiger partial charge in [-0.05, 0) is 49.8 Å². The molecule has 7 heteroatoms. The Kier molecular flexibility index (Phi) is 8.40. The first-order valence-electron chi connectivity index (χ1n) is 13.7. The minimum Gasteiger partial charge on any atom is -0.457 e. The number of fused-ring (bicyclic) bond motifs is 2. The monoisotopic (exact) mass is 523 g/mol. The van der Waals surface area contributed by atoms with E-state index in [1.807, 2.05) is 37.3 Å². The zero-order valence-corrected chi connectivity index (χ0v) is 22.9. The van der Waals surface area contributed by atoms with Crippen LogP contribution in [0.15, 0.2) is 49.2 Å². The van der Waals surface area contributed by atoms with Crippen LogP contribution in [-0.4, -0.2) is 50.9 Å². The number of carbonyl (C=O) groups excluding carboxylic acids is 2. The number of benzene rings is 1. The number of Topliss-reactive ketones (excluding diaryl/α,β-unsaturated/α-hetero) is 1. The number of ether oxygens (including phenoxy) is 2. The summed E-state index contributed by atoms with van der Waals surface area (Å²) < 4.78 is 12.1. The zero-order valence-electron chi connectivity index (χ0n) is 22.9. The summed E-state index contributed by atoms with van der Waals surface area (Å²) in [5.41, 5.74) is 0.0287. The van der Waals surface area contributed by atoms with Crippen LogP contribution in [0, 0.1) is 17.3 Å². The normalized spacial score (nSPS) is 34.8. The van der Waals surface area contributed by atoms with Crippen molar-refractivity contribution < 1.29 is 29.3 Å². The SMILES string of the molecule is C=CC[C@H]1C(=O)C(C)(C)[C@@H](O)CC(=O)O[C@H](c2ccc3cccnc3c2)C[C@@H]2O[C@]2(C)CCC[C@H](C)[C@H]1O. The van der Waals surface area contributed by atoms with Gasteiger partial charge in [0.15, 0.2) is 0 Å². The van der Waals surface area contributed by atoms with Crippen LogP contribution in [0.5, 0.6) is 0 Å². The second kappa shape index (κ2) is 11.2. The van der Waals surface area contributed by atoms with Crippen LogP contribution in [0.25, 0.3) is 10.9 Å². The number of rotatable bonds is 3. The molecule has 2 N–H and O–H groups in total. The van der Waals surface area contributed by atoms with E-state index in [9.17, 15) is 19.8 Å². The summed E-state index contributed by atoms with van der Waals surface area (Å²) in [5, 5.41) is 23.2. The van der Waals surface area contributed by atoms with Gasteiger partial charge in [-0.25, -0.2) is 0 Å².